The van der Waals surface area contributed by atoms with E-state index < -0.39 is 0 Å². The maximum absolute atomic E-state index is 12.6. The number of rotatable bonds is 5. The molecule has 2 atom stereocenters. The second kappa shape index (κ2) is 7.64. The summed E-state index contributed by atoms with van der Waals surface area (Å²) >= 11 is 1.70. The molecule has 4 heterocycles. The molecular weight excluding hydrogens is 336 g/mol. The van der Waals surface area contributed by atoms with Crippen LogP contribution in [0.15, 0.2) is 35.8 Å². The van der Waals surface area contributed by atoms with Crippen molar-refractivity contribution in [3.8, 4) is 0 Å². The number of pyridine rings is 1. The molecular formula is C19H22N2O3S. The van der Waals surface area contributed by atoms with Crippen LogP contribution in [0.3, 0.4) is 0 Å². The Morgan fingerprint density at radius 2 is 2.36 bits per heavy atom. The molecule has 0 aliphatic carbocycles. The molecule has 1 saturated heterocycles. The van der Waals surface area contributed by atoms with Gasteiger partial charge in [-0.3, -0.25) is 9.78 Å². The number of likely N-dealkylation sites (tertiary alicyclic amines) is 1. The Bertz CT molecular complexity index is 718. The minimum absolute atomic E-state index is 0.0789. The maximum atomic E-state index is 12.6. The van der Waals surface area contributed by atoms with Gasteiger partial charge in [0.1, 0.15) is 6.10 Å². The first kappa shape index (κ1) is 16.7. The summed E-state index contributed by atoms with van der Waals surface area (Å²) < 4.78 is 11.8. The molecule has 6 heteroatoms. The Hall–Kier alpha value is -1.76. The number of fused-ring (bicyclic) bond motifs is 1. The second-order valence-corrected chi connectivity index (χ2v) is 7.45. The molecule has 25 heavy (non-hydrogen) atoms. The van der Waals surface area contributed by atoms with Gasteiger partial charge in [-0.05, 0) is 42.0 Å². The Morgan fingerprint density at radius 1 is 1.40 bits per heavy atom. The molecule has 0 aromatic carbocycles. The van der Waals surface area contributed by atoms with E-state index in [2.05, 4.69) is 16.4 Å². The third-order valence-electron chi connectivity index (χ3n) is 4.81. The summed E-state index contributed by atoms with van der Waals surface area (Å²) in [5, 5.41) is 2.09. The van der Waals surface area contributed by atoms with Crippen LogP contribution in [0.5, 0.6) is 0 Å². The molecule has 0 N–H and O–H groups in total. The van der Waals surface area contributed by atoms with Crippen LogP contribution in [0.4, 0.5) is 0 Å². The molecule has 0 unspecified atom stereocenters. The van der Waals surface area contributed by atoms with Crippen LogP contribution in [0, 0.1) is 0 Å². The number of hydrogen-bond acceptors (Lipinski definition) is 5. The Labute approximate surface area is 151 Å². The van der Waals surface area contributed by atoms with Gasteiger partial charge in [-0.15, -0.1) is 11.3 Å². The monoisotopic (exact) mass is 358 g/mol. The van der Waals surface area contributed by atoms with Gasteiger partial charge in [0, 0.05) is 24.2 Å². The average molecular weight is 358 g/mol. The molecule has 2 aromatic heterocycles. The molecule has 4 rings (SSSR count). The summed E-state index contributed by atoms with van der Waals surface area (Å²) in [6, 6.07) is 7.96. The molecule has 0 bridgehead atoms. The largest absolute Gasteiger partial charge is 0.372 e. The number of carbonyl (C=O) groups excluding carboxylic acids is 1. The van der Waals surface area contributed by atoms with E-state index in [-0.39, 0.29) is 18.1 Å². The number of aromatic nitrogens is 1. The van der Waals surface area contributed by atoms with Crippen molar-refractivity contribution in [3.05, 3.63) is 52.0 Å². The van der Waals surface area contributed by atoms with Crippen LogP contribution in [0.1, 0.15) is 35.1 Å². The van der Waals surface area contributed by atoms with Crippen LogP contribution < -0.4 is 0 Å². The smallest absolute Gasteiger partial charge is 0.225 e. The van der Waals surface area contributed by atoms with Gasteiger partial charge < -0.3 is 14.4 Å². The maximum Gasteiger partial charge on any atom is 0.225 e. The average Bonchev–Trinajstić information content (AvgIpc) is 3.31. The van der Waals surface area contributed by atoms with Gasteiger partial charge in [0.15, 0.2) is 0 Å². The van der Waals surface area contributed by atoms with Crippen LogP contribution in [-0.2, 0) is 27.3 Å². The highest BCUT2D eigenvalue weighted by Crippen LogP contribution is 2.34. The fourth-order valence-corrected chi connectivity index (χ4v) is 4.44. The van der Waals surface area contributed by atoms with E-state index in [1.807, 2.05) is 23.1 Å². The lowest BCUT2D eigenvalue weighted by atomic mass is 10.1. The van der Waals surface area contributed by atoms with E-state index in [0.29, 0.717) is 26.2 Å². The van der Waals surface area contributed by atoms with E-state index in [0.717, 1.165) is 25.1 Å². The van der Waals surface area contributed by atoms with Gasteiger partial charge in [-0.1, -0.05) is 6.07 Å². The van der Waals surface area contributed by atoms with Crippen molar-refractivity contribution in [2.75, 3.05) is 19.7 Å². The SMILES string of the molecule is O=C(C[C@H]1OCCc2ccsc21)N1CC[C@H](OCc2ccccn2)C1. The molecule has 1 fully saturated rings. The number of amides is 1. The van der Waals surface area contributed by atoms with Crippen molar-refractivity contribution in [1.82, 2.24) is 9.88 Å². The first-order chi connectivity index (χ1) is 12.3. The minimum atomic E-state index is -0.0789. The second-order valence-electron chi connectivity index (χ2n) is 6.51. The molecule has 5 nitrogen and oxygen atoms in total. The molecule has 1 amide bonds. The van der Waals surface area contributed by atoms with Gasteiger partial charge >= 0.3 is 0 Å². The Morgan fingerprint density at radius 3 is 3.24 bits per heavy atom. The predicted molar refractivity (Wildman–Crippen MR) is 95.3 cm³/mol. The molecule has 0 saturated carbocycles. The lowest BCUT2D eigenvalue weighted by molar-refractivity contribution is -0.134. The van der Waals surface area contributed by atoms with Crippen molar-refractivity contribution in [3.63, 3.8) is 0 Å². The normalized spacial score (nSPS) is 22.8. The van der Waals surface area contributed by atoms with Crippen molar-refractivity contribution in [2.24, 2.45) is 0 Å². The summed E-state index contributed by atoms with van der Waals surface area (Å²) in [4.78, 5) is 20.0. The van der Waals surface area contributed by atoms with Crippen LogP contribution in [0.2, 0.25) is 0 Å². The third-order valence-corrected chi connectivity index (χ3v) is 5.87. The number of nitrogens with zero attached hydrogens (tertiary/aromatic N) is 2. The van der Waals surface area contributed by atoms with Gasteiger partial charge in [-0.2, -0.15) is 0 Å². The molecule has 0 radical (unpaired) electrons. The van der Waals surface area contributed by atoms with Crippen molar-refractivity contribution in [1.29, 1.82) is 0 Å². The number of thiophene rings is 1. The van der Waals surface area contributed by atoms with Crippen molar-refractivity contribution in [2.45, 2.75) is 38.1 Å². The first-order valence-electron chi connectivity index (χ1n) is 8.77. The van der Waals surface area contributed by atoms with E-state index in [1.54, 1.807) is 17.5 Å². The summed E-state index contributed by atoms with van der Waals surface area (Å²) in [7, 11) is 0. The van der Waals surface area contributed by atoms with Crippen molar-refractivity contribution >= 4 is 17.2 Å². The van der Waals surface area contributed by atoms with E-state index in [1.165, 1.54) is 10.4 Å². The summed E-state index contributed by atoms with van der Waals surface area (Å²) in [6.45, 7) is 2.63. The van der Waals surface area contributed by atoms with Gasteiger partial charge in [0.05, 0.1) is 31.4 Å². The zero-order chi connectivity index (χ0) is 17.1. The highest BCUT2D eigenvalue weighted by molar-refractivity contribution is 7.10. The van der Waals surface area contributed by atoms with E-state index in [4.69, 9.17) is 9.47 Å². The summed E-state index contributed by atoms with van der Waals surface area (Å²) in [5.41, 5.74) is 2.26. The zero-order valence-corrected chi connectivity index (χ0v) is 14.9. The Kier molecular flexibility index (Phi) is 5.10. The predicted octanol–water partition coefficient (Wildman–Crippen LogP) is 2.96. The molecule has 2 aliphatic heterocycles. The molecule has 0 spiro atoms. The first-order valence-corrected chi connectivity index (χ1v) is 9.64. The lowest BCUT2D eigenvalue weighted by Gasteiger charge is -2.25. The topological polar surface area (TPSA) is 51.7 Å². The fourth-order valence-electron chi connectivity index (χ4n) is 3.44. The molecule has 2 aliphatic rings. The quantitative estimate of drug-likeness (QED) is 0.825. The van der Waals surface area contributed by atoms with Gasteiger partial charge in [-0.25, -0.2) is 0 Å². The van der Waals surface area contributed by atoms with Crippen LogP contribution in [-0.4, -0.2) is 41.6 Å². The lowest BCUT2D eigenvalue weighted by Crippen LogP contribution is -2.32. The number of carbonyl (C=O) groups is 1. The third kappa shape index (κ3) is 3.92. The van der Waals surface area contributed by atoms with Gasteiger partial charge in [0.2, 0.25) is 5.91 Å². The fraction of sp³-hybridized carbons (Fsp3) is 0.474. The number of ether oxygens (including phenoxy) is 2. The zero-order valence-electron chi connectivity index (χ0n) is 14.1. The van der Waals surface area contributed by atoms with Gasteiger partial charge in [0.25, 0.3) is 0 Å². The number of hydrogen-bond donors (Lipinski definition) is 0. The standard InChI is InChI=1S/C19H22N2O3S/c22-18(11-17-19-14(5-9-23-17)6-10-25-19)21-8-4-16(12-21)24-13-15-3-1-2-7-20-15/h1-3,6-7,10,16-17H,4-5,8-9,11-13H2/t16-,17+/m0/s1. The van der Waals surface area contributed by atoms with E-state index >= 15 is 0 Å². The minimum Gasteiger partial charge on any atom is -0.372 e. The van der Waals surface area contributed by atoms with Crippen LogP contribution in [0.25, 0.3) is 0 Å². The van der Waals surface area contributed by atoms with E-state index in [9.17, 15) is 4.79 Å². The highest BCUT2D eigenvalue weighted by atomic mass is 32.1. The molecule has 132 valence electrons. The summed E-state index contributed by atoms with van der Waals surface area (Å²) in [5.74, 6) is 0.162. The summed E-state index contributed by atoms with van der Waals surface area (Å²) in [6.07, 6.45) is 4.05. The Balaban J connectivity index is 1.28. The van der Waals surface area contributed by atoms with Crippen molar-refractivity contribution < 1.29 is 14.3 Å². The van der Waals surface area contributed by atoms with Crippen LogP contribution >= 0.6 is 11.3 Å². The highest BCUT2D eigenvalue weighted by Gasteiger charge is 2.31. The molecule has 2 aromatic rings.